The Hall–Kier alpha value is -0.570. The molecule has 0 saturated carbocycles. The summed E-state index contributed by atoms with van der Waals surface area (Å²) in [4.78, 5) is 21.2. The highest BCUT2D eigenvalue weighted by Gasteiger charge is 2.00. The monoisotopic (exact) mass is 191 g/mol. The van der Waals surface area contributed by atoms with Crippen molar-refractivity contribution < 1.29 is 9.59 Å². The van der Waals surface area contributed by atoms with E-state index in [9.17, 15) is 9.59 Å². The Balaban J connectivity index is 3.25. The highest BCUT2D eigenvalue weighted by Crippen LogP contribution is 1.93. The Morgan fingerprint density at radius 3 is 2.50 bits per heavy atom. The largest absolute Gasteiger partial charge is 0.356 e. The summed E-state index contributed by atoms with van der Waals surface area (Å²) >= 11 is 5.08. The number of carbonyl (C=O) groups is 2. The van der Waals surface area contributed by atoms with Crippen LogP contribution in [-0.4, -0.2) is 17.7 Å². The highest BCUT2D eigenvalue weighted by molar-refractivity contribution is 6.63. The molecule has 3 nitrogen and oxygen atoms in total. The van der Waals surface area contributed by atoms with Crippen molar-refractivity contribution in [3.05, 3.63) is 0 Å². The van der Waals surface area contributed by atoms with Crippen molar-refractivity contribution in [1.29, 1.82) is 0 Å². The van der Waals surface area contributed by atoms with Gasteiger partial charge in [-0.2, -0.15) is 0 Å². The average molecular weight is 192 g/mol. The minimum Gasteiger partial charge on any atom is -0.356 e. The highest BCUT2D eigenvalue weighted by atomic mass is 35.5. The fourth-order valence-corrected chi connectivity index (χ4v) is 0.820. The van der Waals surface area contributed by atoms with Crippen LogP contribution in [0.3, 0.4) is 0 Å². The van der Waals surface area contributed by atoms with E-state index in [4.69, 9.17) is 11.6 Å². The van der Waals surface area contributed by atoms with Crippen molar-refractivity contribution in [2.45, 2.75) is 32.6 Å². The summed E-state index contributed by atoms with van der Waals surface area (Å²) in [5, 5.41) is 2.19. The molecule has 0 unspecified atom stereocenters. The van der Waals surface area contributed by atoms with Crippen LogP contribution < -0.4 is 5.32 Å². The number of carbonyl (C=O) groups excluding carboxylic acids is 2. The van der Waals surface area contributed by atoms with E-state index in [0.717, 1.165) is 12.8 Å². The number of halogens is 1. The molecule has 0 saturated heterocycles. The molecule has 0 aromatic rings. The smallest absolute Gasteiger partial charge is 0.223 e. The fraction of sp³-hybridized carbons (Fsp3) is 0.750. The molecule has 1 amide bonds. The van der Waals surface area contributed by atoms with Crippen LogP contribution in [0.4, 0.5) is 0 Å². The number of hydrogen-bond acceptors (Lipinski definition) is 2. The molecule has 0 heterocycles. The van der Waals surface area contributed by atoms with E-state index < -0.39 is 5.24 Å². The number of amides is 1. The molecule has 0 aromatic heterocycles. The molecule has 12 heavy (non-hydrogen) atoms. The molecule has 0 aliphatic rings. The van der Waals surface area contributed by atoms with Crippen molar-refractivity contribution in [1.82, 2.24) is 5.32 Å². The maximum Gasteiger partial charge on any atom is 0.223 e. The van der Waals surface area contributed by atoms with E-state index in [1.807, 2.05) is 6.92 Å². The zero-order valence-electron chi connectivity index (χ0n) is 7.23. The first-order valence-electron chi connectivity index (χ1n) is 4.11. The molecule has 0 atom stereocenters. The molecule has 1 N–H and O–H groups in total. The van der Waals surface area contributed by atoms with E-state index in [1.165, 1.54) is 0 Å². The SMILES string of the molecule is CCCCC(=O)NCCC(=O)Cl. The van der Waals surface area contributed by atoms with Crippen molar-refractivity contribution in [2.24, 2.45) is 0 Å². The van der Waals surface area contributed by atoms with Crippen molar-refractivity contribution in [3.8, 4) is 0 Å². The molecule has 0 aliphatic carbocycles. The lowest BCUT2D eigenvalue weighted by atomic mass is 10.2. The summed E-state index contributed by atoms with van der Waals surface area (Å²) in [5.74, 6) is -0.00485. The second kappa shape index (κ2) is 7.10. The summed E-state index contributed by atoms with van der Waals surface area (Å²) in [5.41, 5.74) is 0. The van der Waals surface area contributed by atoms with Crippen LogP contribution in [0, 0.1) is 0 Å². The Morgan fingerprint density at radius 2 is 2.00 bits per heavy atom. The van der Waals surface area contributed by atoms with Crippen LogP contribution in [0.1, 0.15) is 32.6 Å². The normalized spacial score (nSPS) is 9.50. The standard InChI is InChI=1S/C8H14ClNO2/c1-2-3-4-8(12)10-6-5-7(9)11/h2-6H2,1H3,(H,10,12). The van der Waals surface area contributed by atoms with Crippen molar-refractivity contribution >= 4 is 22.8 Å². The Bertz CT molecular complexity index is 159. The van der Waals surface area contributed by atoms with E-state index in [0.29, 0.717) is 13.0 Å². The minimum atomic E-state index is -0.411. The molecule has 4 heteroatoms. The Labute approximate surface area is 77.5 Å². The molecular weight excluding hydrogens is 178 g/mol. The van der Waals surface area contributed by atoms with Gasteiger partial charge >= 0.3 is 0 Å². The van der Waals surface area contributed by atoms with Crippen LogP contribution >= 0.6 is 11.6 Å². The maximum atomic E-state index is 10.9. The van der Waals surface area contributed by atoms with Gasteiger partial charge in [0.1, 0.15) is 0 Å². The third kappa shape index (κ3) is 7.54. The van der Waals surface area contributed by atoms with Crippen molar-refractivity contribution in [2.75, 3.05) is 6.54 Å². The summed E-state index contributed by atoms with van der Waals surface area (Å²) in [6.07, 6.45) is 2.63. The molecule has 0 bridgehead atoms. The van der Waals surface area contributed by atoms with Crippen LogP contribution in [0.5, 0.6) is 0 Å². The number of nitrogens with one attached hydrogen (secondary N) is 1. The predicted molar refractivity (Wildman–Crippen MR) is 48.0 cm³/mol. The van der Waals surface area contributed by atoms with Crippen LogP contribution in [-0.2, 0) is 9.59 Å². The van der Waals surface area contributed by atoms with Crippen LogP contribution in [0.25, 0.3) is 0 Å². The molecule has 0 spiro atoms. The molecule has 0 aliphatic heterocycles. The molecular formula is C8H14ClNO2. The Kier molecular flexibility index (Phi) is 6.76. The lowest BCUT2D eigenvalue weighted by Gasteiger charge is -2.01. The topological polar surface area (TPSA) is 46.2 Å². The minimum absolute atomic E-state index is 0.00485. The molecule has 0 fully saturated rings. The zero-order chi connectivity index (χ0) is 9.40. The van der Waals surface area contributed by atoms with Gasteiger partial charge in [-0.1, -0.05) is 13.3 Å². The first kappa shape index (κ1) is 11.4. The van der Waals surface area contributed by atoms with E-state index in [2.05, 4.69) is 5.32 Å². The molecule has 0 aromatic carbocycles. The van der Waals surface area contributed by atoms with Gasteiger partial charge in [0.05, 0.1) is 0 Å². The average Bonchev–Trinajstić information content (AvgIpc) is 2.00. The van der Waals surface area contributed by atoms with E-state index >= 15 is 0 Å². The predicted octanol–water partition coefficient (Wildman–Crippen LogP) is 1.45. The number of rotatable bonds is 6. The maximum absolute atomic E-state index is 10.9. The van der Waals surface area contributed by atoms with Gasteiger partial charge in [0.2, 0.25) is 11.1 Å². The second-order valence-corrected chi connectivity index (χ2v) is 2.98. The second-order valence-electron chi connectivity index (χ2n) is 2.56. The molecule has 0 rings (SSSR count). The number of hydrogen-bond donors (Lipinski definition) is 1. The van der Waals surface area contributed by atoms with Gasteiger partial charge in [-0.3, -0.25) is 9.59 Å². The van der Waals surface area contributed by atoms with Gasteiger partial charge in [-0.05, 0) is 18.0 Å². The van der Waals surface area contributed by atoms with Gasteiger partial charge in [0.25, 0.3) is 0 Å². The zero-order valence-corrected chi connectivity index (χ0v) is 7.99. The van der Waals surface area contributed by atoms with Gasteiger partial charge in [0, 0.05) is 19.4 Å². The summed E-state index contributed by atoms with van der Waals surface area (Å²) in [7, 11) is 0. The fourth-order valence-electron chi connectivity index (χ4n) is 0.726. The van der Waals surface area contributed by atoms with Crippen LogP contribution in [0.15, 0.2) is 0 Å². The van der Waals surface area contributed by atoms with Gasteiger partial charge in [0.15, 0.2) is 0 Å². The first-order valence-corrected chi connectivity index (χ1v) is 4.49. The van der Waals surface area contributed by atoms with Crippen LogP contribution in [0.2, 0.25) is 0 Å². The quantitative estimate of drug-likeness (QED) is 0.646. The number of unbranched alkanes of at least 4 members (excludes halogenated alkanes) is 1. The third-order valence-corrected chi connectivity index (χ3v) is 1.59. The van der Waals surface area contributed by atoms with E-state index in [-0.39, 0.29) is 12.3 Å². The molecule has 0 radical (unpaired) electrons. The summed E-state index contributed by atoms with van der Waals surface area (Å²) in [6.45, 7) is 2.38. The lowest BCUT2D eigenvalue weighted by Crippen LogP contribution is -2.24. The van der Waals surface area contributed by atoms with Gasteiger partial charge < -0.3 is 5.32 Å². The van der Waals surface area contributed by atoms with Gasteiger partial charge in [-0.15, -0.1) is 0 Å². The van der Waals surface area contributed by atoms with Crippen molar-refractivity contribution in [3.63, 3.8) is 0 Å². The molecule has 70 valence electrons. The summed E-state index contributed by atoms with van der Waals surface area (Å²) < 4.78 is 0. The lowest BCUT2D eigenvalue weighted by molar-refractivity contribution is -0.121. The third-order valence-electron chi connectivity index (χ3n) is 1.40. The first-order chi connectivity index (χ1) is 5.66. The Morgan fingerprint density at radius 1 is 1.33 bits per heavy atom. The summed E-state index contributed by atoms with van der Waals surface area (Å²) in [6, 6.07) is 0. The van der Waals surface area contributed by atoms with Gasteiger partial charge in [-0.25, -0.2) is 0 Å². The van der Waals surface area contributed by atoms with E-state index in [1.54, 1.807) is 0 Å².